The summed E-state index contributed by atoms with van der Waals surface area (Å²) in [5.74, 6) is -0.250. The van der Waals surface area contributed by atoms with Crippen molar-refractivity contribution in [2.75, 3.05) is 23.8 Å². The predicted octanol–water partition coefficient (Wildman–Crippen LogP) is 0.387. The van der Waals surface area contributed by atoms with Crippen molar-refractivity contribution in [1.82, 2.24) is 9.80 Å². The molecule has 3 aliphatic rings. The second-order valence-electron chi connectivity index (χ2n) is 12.6. The van der Waals surface area contributed by atoms with E-state index in [1.165, 1.54) is 0 Å². The predicted molar refractivity (Wildman–Crippen MR) is 178 cm³/mol. The van der Waals surface area contributed by atoms with Crippen molar-refractivity contribution < 1.29 is 71.5 Å². The van der Waals surface area contributed by atoms with E-state index in [4.69, 9.17) is 4.74 Å². The number of aliphatic hydroxyl groups excluding tert-OH is 1. The normalized spacial score (nSPS) is 15.7. The van der Waals surface area contributed by atoms with Crippen LogP contribution in [0.4, 0.5) is 11.4 Å². The largest absolute Gasteiger partial charge is 1.00 e. The molecule has 0 spiro atoms. The van der Waals surface area contributed by atoms with Crippen LogP contribution in [0.25, 0.3) is 0 Å². The molecule has 1 unspecified atom stereocenters. The average Bonchev–Trinajstić information content (AvgIpc) is 3.93. The minimum absolute atomic E-state index is 0. The van der Waals surface area contributed by atoms with Gasteiger partial charge in [-0.1, -0.05) is 18.2 Å². The van der Waals surface area contributed by atoms with Crippen LogP contribution in [0.2, 0.25) is 0 Å². The van der Waals surface area contributed by atoms with Gasteiger partial charge in [0.25, 0.3) is 17.7 Å². The number of rotatable bonds is 12. The summed E-state index contributed by atoms with van der Waals surface area (Å²) in [7, 11) is -4.74. The van der Waals surface area contributed by atoms with Crippen LogP contribution in [0.3, 0.4) is 0 Å². The van der Waals surface area contributed by atoms with Crippen molar-refractivity contribution in [2.24, 2.45) is 0 Å². The molecule has 0 radical (unpaired) electrons. The Bertz CT molecular complexity index is 1880. The Kier molecular flexibility index (Phi) is 12.0. The molecular formula is C35H37N4NaO9S. The van der Waals surface area contributed by atoms with Crippen molar-refractivity contribution in [3.8, 4) is 5.75 Å². The summed E-state index contributed by atoms with van der Waals surface area (Å²) >= 11 is 0. The van der Waals surface area contributed by atoms with E-state index in [9.17, 15) is 37.3 Å². The summed E-state index contributed by atoms with van der Waals surface area (Å²) in [4.78, 5) is 54.4. The number of nitrogens with one attached hydrogen (secondary N) is 2. The Hall–Kier alpha value is -3.79. The molecule has 50 heavy (non-hydrogen) atoms. The van der Waals surface area contributed by atoms with Gasteiger partial charge >= 0.3 is 29.6 Å². The molecule has 4 amide bonds. The molecule has 3 aromatic rings. The molecule has 1 fully saturated rings. The Balaban J connectivity index is 0.00000486. The molecule has 258 valence electrons. The molecular weight excluding hydrogens is 675 g/mol. The van der Waals surface area contributed by atoms with Gasteiger partial charge in [-0.05, 0) is 97.7 Å². The minimum atomic E-state index is -4.74. The minimum Gasteiger partial charge on any atom is -0.746 e. The van der Waals surface area contributed by atoms with E-state index in [0.29, 0.717) is 60.7 Å². The Labute approximate surface area is 312 Å². The van der Waals surface area contributed by atoms with E-state index in [2.05, 4.69) is 10.6 Å². The molecule has 6 rings (SSSR count). The van der Waals surface area contributed by atoms with Gasteiger partial charge in [0.2, 0.25) is 5.91 Å². The van der Waals surface area contributed by atoms with Gasteiger partial charge in [0.1, 0.15) is 21.3 Å². The first kappa shape index (κ1) is 37.5. The number of anilines is 2. The number of ether oxygens (including phenoxy) is 1. The summed E-state index contributed by atoms with van der Waals surface area (Å²) < 4.78 is 37.9. The number of unbranched alkanes of at least 4 members (excludes halogenated alkanes) is 1. The first-order valence-corrected chi connectivity index (χ1v) is 17.7. The van der Waals surface area contributed by atoms with Crippen LogP contribution in [-0.2, 0) is 39.2 Å². The third kappa shape index (κ3) is 9.30. The third-order valence-corrected chi connectivity index (χ3v) is 9.84. The molecule has 3 N–H and O–H groups in total. The zero-order chi connectivity index (χ0) is 34.7. The molecule has 0 saturated heterocycles. The molecule has 2 aliphatic heterocycles. The van der Waals surface area contributed by atoms with E-state index >= 15 is 0 Å². The van der Waals surface area contributed by atoms with Gasteiger partial charge in [-0.3, -0.25) is 19.2 Å². The maximum absolute atomic E-state index is 13.5. The maximum atomic E-state index is 13.5. The van der Waals surface area contributed by atoms with Crippen LogP contribution in [0.15, 0.2) is 60.7 Å². The second kappa shape index (κ2) is 16.0. The summed E-state index contributed by atoms with van der Waals surface area (Å²) in [5, 5.41) is 15.0. The summed E-state index contributed by atoms with van der Waals surface area (Å²) in [6.07, 6.45) is 3.06. The number of carbonyl (C=O) groups is 4. The molecule has 1 saturated carbocycles. The van der Waals surface area contributed by atoms with Crippen LogP contribution in [-0.4, -0.2) is 76.1 Å². The smallest absolute Gasteiger partial charge is 0.746 e. The fraction of sp³-hybridized carbons (Fsp3) is 0.371. The van der Waals surface area contributed by atoms with Crippen molar-refractivity contribution in [1.29, 1.82) is 0 Å². The van der Waals surface area contributed by atoms with E-state index in [1.807, 2.05) is 29.2 Å². The monoisotopic (exact) mass is 712 g/mol. The maximum Gasteiger partial charge on any atom is 1.00 e. The van der Waals surface area contributed by atoms with Gasteiger partial charge in [-0.2, -0.15) is 0 Å². The molecule has 1 atom stereocenters. The van der Waals surface area contributed by atoms with Gasteiger partial charge in [-0.15, -0.1) is 0 Å². The number of benzene rings is 3. The quantitative estimate of drug-likeness (QED) is 0.136. The molecule has 13 nitrogen and oxygen atoms in total. The average molecular weight is 713 g/mol. The topological polar surface area (TPSA) is 185 Å². The summed E-state index contributed by atoms with van der Waals surface area (Å²) in [6.45, 7) is 1.21. The third-order valence-electron chi connectivity index (χ3n) is 8.93. The van der Waals surface area contributed by atoms with Gasteiger partial charge in [0.05, 0.1) is 5.69 Å². The fourth-order valence-electron chi connectivity index (χ4n) is 6.03. The van der Waals surface area contributed by atoms with Gasteiger partial charge in [-0.25, -0.2) is 8.42 Å². The number of hydrogen-bond donors (Lipinski definition) is 3. The zero-order valence-electron chi connectivity index (χ0n) is 27.7. The molecule has 1 aliphatic carbocycles. The first-order valence-electron chi connectivity index (χ1n) is 16.2. The zero-order valence-corrected chi connectivity index (χ0v) is 30.5. The van der Waals surface area contributed by atoms with Crippen LogP contribution < -0.4 is 44.9 Å². The van der Waals surface area contributed by atoms with Gasteiger partial charge in [0, 0.05) is 48.9 Å². The van der Waals surface area contributed by atoms with Crippen LogP contribution >= 0.6 is 0 Å². The molecule has 3 aromatic carbocycles. The first-order chi connectivity index (χ1) is 23.4. The SMILES string of the molecule is O=C1COc2cc(C(=O)N(Cc3ccc(C(=O)Nc4ccc5c(c4)CCN(C(=O)CCCCC(O)S(=O)(=O)[O-])C5)cc3)C3CC3)ccc2N1.[Na+]. The fourth-order valence-corrected chi connectivity index (χ4v) is 6.48. The number of hydrogen-bond acceptors (Lipinski definition) is 9. The van der Waals surface area contributed by atoms with E-state index in [-0.39, 0.29) is 85.1 Å². The molecule has 0 aromatic heterocycles. The van der Waals surface area contributed by atoms with Crippen LogP contribution in [0.1, 0.15) is 75.9 Å². The Morgan fingerprint density at radius 2 is 1.76 bits per heavy atom. The van der Waals surface area contributed by atoms with E-state index in [1.54, 1.807) is 41.3 Å². The summed E-state index contributed by atoms with van der Waals surface area (Å²) in [5.41, 5.74) is 3.07. The second-order valence-corrected chi connectivity index (χ2v) is 14.1. The number of carbonyl (C=O) groups excluding carboxylic acids is 4. The van der Waals surface area contributed by atoms with E-state index < -0.39 is 15.6 Å². The van der Waals surface area contributed by atoms with E-state index in [0.717, 1.165) is 29.5 Å². The Morgan fingerprint density at radius 1 is 1.02 bits per heavy atom. The number of aliphatic hydroxyl groups is 1. The molecule has 0 bridgehead atoms. The molecule has 15 heteroatoms. The van der Waals surface area contributed by atoms with Gasteiger partial charge < -0.3 is 34.8 Å². The number of fused-ring (bicyclic) bond motifs is 2. The number of amides is 4. The van der Waals surface area contributed by atoms with Gasteiger partial charge in [0.15, 0.2) is 6.61 Å². The van der Waals surface area contributed by atoms with Crippen molar-refractivity contribution in [2.45, 2.75) is 69.5 Å². The van der Waals surface area contributed by atoms with Crippen molar-refractivity contribution >= 4 is 45.1 Å². The standard InChI is InChI=1S/C35H38N4O9S.Na/c40-31-21-48-30-18-25(10-14-29(30)37-31)35(44)39(28-12-13-28)19-22-5-7-23(8-6-22)34(43)36-27-11-9-26-20-38(16-15-24(26)17-27)32(41)3-1-2-4-33(42)49(45,46)47;/h5-11,14,17-18,28,33,42H,1-4,12-13,15-16,19-21H2,(H,36,43)(H,37,40)(H,45,46,47);/q;+1/p-1. The molecule has 2 heterocycles. The van der Waals surface area contributed by atoms with Crippen LogP contribution in [0, 0.1) is 0 Å². The van der Waals surface area contributed by atoms with Crippen LogP contribution in [0.5, 0.6) is 5.75 Å². The Morgan fingerprint density at radius 3 is 2.48 bits per heavy atom. The van der Waals surface area contributed by atoms with Crippen molar-refractivity contribution in [3.05, 3.63) is 88.5 Å². The summed E-state index contributed by atoms with van der Waals surface area (Å²) in [6, 6.07) is 17.9. The van der Waals surface area contributed by atoms with Crippen molar-refractivity contribution in [3.63, 3.8) is 0 Å². The number of nitrogens with zero attached hydrogens (tertiary/aromatic N) is 2.